The maximum absolute atomic E-state index is 2.58. The molecule has 2 heteroatoms. The molecular weight excluding hydrogens is 388 g/mol. The van der Waals surface area contributed by atoms with E-state index in [9.17, 15) is 0 Å². The van der Waals surface area contributed by atoms with Crippen LogP contribution in [0.25, 0.3) is 0 Å². The first-order valence-corrected chi connectivity index (χ1v) is 14.1. The van der Waals surface area contributed by atoms with Gasteiger partial charge in [0.2, 0.25) is 0 Å². The van der Waals surface area contributed by atoms with Crippen molar-refractivity contribution < 1.29 is 0 Å². The van der Waals surface area contributed by atoms with E-state index in [-0.39, 0.29) is 0 Å². The van der Waals surface area contributed by atoms with Gasteiger partial charge in [-0.3, -0.25) is 0 Å². The maximum atomic E-state index is 2.58. The molecule has 1 atom stereocenters. The highest BCUT2D eigenvalue weighted by molar-refractivity contribution is 5.21. The second-order valence-corrected chi connectivity index (χ2v) is 9.86. The summed E-state index contributed by atoms with van der Waals surface area (Å²) in [6.07, 6.45) is 28.9. The third-order valence-corrected chi connectivity index (χ3v) is 6.97. The zero-order chi connectivity index (χ0) is 22.7. The van der Waals surface area contributed by atoms with Gasteiger partial charge in [-0.2, -0.15) is 0 Å². The summed E-state index contributed by atoms with van der Waals surface area (Å²) >= 11 is 0. The monoisotopic (exact) mass is 440 g/mol. The van der Waals surface area contributed by atoms with Gasteiger partial charge in [-0.05, 0) is 18.4 Å². The van der Waals surface area contributed by atoms with Crippen LogP contribution < -0.4 is 0 Å². The van der Waals surface area contributed by atoms with Crippen molar-refractivity contribution in [3.63, 3.8) is 0 Å². The Hall–Kier alpha value is -1.44. The first kappa shape index (κ1) is 26.8. The highest BCUT2D eigenvalue weighted by atomic mass is 15.4. The molecule has 1 aliphatic rings. The van der Waals surface area contributed by atoms with Gasteiger partial charge in [0.05, 0.1) is 0 Å². The van der Waals surface area contributed by atoms with Crippen LogP contribution in [0.5, 0.6) is 0 Å². The van der Waals surface area contributed by atoms with Gasteiger partial charge in [0.1, 0.15) is 6.17 Å². The summed E-state index contributed by atoms with van der Waals surface area (Å²) in [5.74, 6) is 0. The third kappa shape index (κ3) is 10.9. The molecule has 0 saturated heterocycles. The maximum Gasteiger partial charge on any atom is 0.127 e. The van der Waals surface area contributed by atoms with Gasteiger partial charge in [-0.25, -0.2) is 0 Å². The fraction of sp³-hybridized carbons (Fsp3) is 0.733. The fourth-order valence-electron chi connectivity index (χ4n) is 4.96. The Morgan fingerprint density at radius 2 is 0.875 bits per heavy atom. The Labute approximate surface area is 200 Å². The molecule has 0 amide bonds. The highest BCUT2D eigenvalue weighted by Crippen LogP contribution is 2.31. The molecule has 0 saturated carbocycles. The standard InChI is InChI=1S/C30H52N2/c1-3-5-7-9-10-11-12-13-14-15-16-17-22-26-32-28-27-31(25-21-8-6-4-2)30(32)29-23-19-18-20-24-29/h18-20,23-24,27-28,30H,3-17,21-22,25-26H2,1-2H3. The number of nitrogens with zero attached hydrogens (tertiary/aromatic N) is 2. The molecule has 2 rings (SSSR count). The summed E-state index contributed by atoms with van der Waals surface area (Å²) in [5, 5.41) is 0. The lowest BCUT2D eigenvalue weighted by molar-refractivity contribution is 0.150. The van der Waals surface area contributed by atoms with Crippen molar-refractivity contribution in [2.24, 2.45) is 0 Å². The van der Waals surface area contributed by atoms with Crippen molar-refractivity contribution in [2.45, 2.75) is 129 Å². The van der Waals surface area contributed by atoms with Gasteiger partial charge >= 0.3 is 0 Å². The number of unbranched alkanes of at least 4 members (excludes halogenated alkanes) is 15. The van der Waals surface area contributed by atoms with Crippen LogP contribution in [0.15, 0.2) is 42.7 Å². The topological polar surface area (TPSA) is 6.48 Å². The van der Waals surface area contributed by atoms with Crippen LogP contribution in [0.4, 0.5) is 0 Å². The smallest absolute Gasteiger partial charge is 0.127 e. The van der Waals surface area contributed by atoms with E-state index in [4.69, 9.17) is 0 Å². The molecule has 182 valence electrons. The first-order valence-electron chi connectivity index (χ1n) is 14.1. The lowest BCUT2D eigenvalue weighted by Crippen LogP contribution is -2.32. The molecule has 0 aliphatic carbocycles. The Morgan fingerprint density at radius 1 is 0.500 bits per heavy atom. The minimum atomic E-state index is 0.398. The predicted molar refractivity (Wildman–Crippen MR) is 142 cm³/mol. The van der Waals surface area contributed by atoms with E-state index >= 15 is 0 Å². The van der Waals surface area contributed by atoms with E-state index in [2.05, 4.69) is 66.4 Å². The third-order valence-electron chi connectivity index (χ3n) is 6.97. The molecule has 0 bridgehead atoms. The van der Waals surface area contributed by atoms with Crippen molar-refractivity contribution >= 4 is 0 Å². The van der Waals surface area contributed by atoms with Gasteiger partial charge in [0.25, 0.3) is 0 Å². The number of benzene rings is 1. The molecule has 0 aromatic heterocycles. The highest BCUT2D eigenvalue weighted by Gasteiger charge is 2.26. The summed E-state index contributed by atoms with van der Waals surface area (Å²) in [4.78, 5) is 5.14. The summed E-state index contributed by atoms with van der Waals surface area (Å²) in [5.41, 5.74) is 1.43. The summed E-state index contributed by atoms with van der Waals surface area (Å²) in [7, 11) is 0. The molecule has 1 aromatic carbocycles. The second-order valence-electron chi connectivity index (χ2n) is 9.86. The minimum Gasteiger partial charge on any atom is -0.352 e. The van der Waals surface area contributed by atoms with E-state index in [0.29, 0.717) is 6.17 Å². The van der Waals surface area contributed by atoms with E-state index in [1.54, 1.807) is 0 Å². The SMILES string of the molecule is CCCCCCCCCCCCCCCN1C=CN(CCCCCC)C1c1ccccc1. The summed E-state index contributed by atoms with van der Waals surface area (Å²) in [6, 6.07) is 11.1. The van der Waals surface area contributed by atoms with Crippen LogP contribution in [-0.2, 0) is 0 Å². The van der Waals surface area contributed by atoms with E-state index in [1.807, 2.05) is 0 Å². The average molecular weight is 441 g/mol. The summed E-state index contributed by atoms with van der Waals surface area (Å²) in [6.45, 7) is 6.94. The van der Waals surface area contributed by atoms with Crippen molar-refractivity contribution in [2.75, 3.05) is 13.1 Å². The molecule has 1 aliphatic heterocycles. The molecule has 0 N–H and O–H groups in total. The average Bonchev–Trinajstić information content (AvgIpc) is 3.23. The summed E-state index contributed by atoms with van der Waals surface area (Å²) < 4.78 is 0. The molecule has 1 unspecified atom stereocenters. The van der Waals surface area contributed by atoms with E-state index in [0.717, 1.165) is 0 Å². The fourth-order valence-corrected chi connectivity index (χ4v) is 4.96. The molecule has 1 heterocycles. The molecule has 2 nitrogen and oxygen atoms in total. The first-order chi connectivity index (χ1) is 15.9. The Kier molecular flexibility index (Phi) is 15.1. The molecule has 0 radical (unpaired) electrons. The zero-order valence-electron chi connectivity index (χ0n) is 21.4. The van der Waals surface area contributed by atoms with Crippen LogP contribution in [0.2, 0.25) is 0 Å². The lowest BCUT2D eigenvalue weighted by atomic mass is 10.0. The zero-order valence-corrected chi connectivity index (χ0v) is 21.4. The Morgan fingerprint density at radius 3 is 1.31 bits per heavy atom. The van der Waals surface area contributed by atoms with Gasteiger partial charge in [0, 0.05) is 25.5 Å². The van der Waals surface area contributed by atoms with Crippen LogP contribution >= 0.6 is 0 Å². The predicted octanol–water partition coefficient (Wildman–Crippen LogP) is 9.45. The van der Waals surface area contributed by atoms with Gasteiger partial charge in [0.15, 0.2) is 0 Å². The minimum absolute atomic E-state index is 0.398. The molecule has 0 spiro atoms. The normalized spacial score (nSPS) is 15.8. The van der Waals surface area contributed by atoms with E-state index < -0.39 is 0 Å². The van der Waals surface area contributed by atoms with E-state index in [1.165, 1.54) is 128 Å². The molecule has 0 fully saturated rings. The van der Waals surface area contributed by atoms with Gasteiger partial charge in [-0.1, -0.05) is 140 Å². The quantitative estimate of drug-likeness (QED) is 0.186. The van der Waals surface area contributed by atoms with Crippen molar-refractivity contribution in [1.82, 2.24) is 9.80 Å². The lowest BCUT2D eigenvalue weighted by Gasteiger charge is -2.33. The van der Waals surface area contributed by atoms with Gasteiger partial charge in [-0.15, -0.1) is 0 Å². The number of hydrogen-bond acceptors (Lipinski definition) is 2. The van der Waals surface area contributed by atoms with Crippen LogP contribution in [-0.4, -0.2) is 22.9 Å². The van der Waals surface area contributed by atoms with Crippen molar-refractivity contribution in [3.8, 4) is 0 Å². The Bertz CT molecular complexity index is 567. The van der Waals surface area contributed by atoms with Crippen LogP contribution in [0.1, 0.15) is 135 Å². The molecule has 32 heavy (non-hydrogen) atoms. The van der Waals surface area contributed by atoms with Crippen LogP contribution in [0, 0.1) is 0 Å². The number of rotatable bonds is 20. The molecule has 1 aromatic rings. The number of hydrogen-bond donors (Lipinski definition) is 0. The van der Waals surface area contributed by atoms with Crippen molar-refractivity contribution in [1.29, 1.82) is 0 Å². The largest absolute Gasteiger partial charge is 0.352 e. The van der Waals surface area contributed by atoms with Crippen LogP contribution in [0.3, 0.4) is 0 Å². The Balaban J connectivity index is 1.58. The van der Waals surface area contributed by atoms with Gasteiger partial charge < -0.3 is 9.80 Å². The molecular formula is C30H52N2. The second kappa shape index (κ2) is 18.0. The van der Waals surface area contributed by atoms with Crippen molar-refractivity contribution in [3.05, 3.63) is 48.3 Å².